The summed E-state index contributed by atoms with van der Waals surface area (Å²) in [5, 5.41) is 17.1. The number of aromatic nitrogens is 2. The van der Waals surface area contributed by atoms with Crippen LogP contribution in [0.1, 0.15) is 30.5 Å². The van der Waals surface area contributed by atoms with Gasteiger partial charge in [0.15, 0.2) is 0 Å². The molecule has 0 aromatic carbocycles. The highest BCUT2D eigenvalue weighted by molar-refractivity contribution is 5.65. The highest BCUT2D eigenvalue weighted by Crippen LogP contribution is 2.33. The lowest BCUT2D eigenvalue weighted by atomic mass is 9.83. The maximum absolute atomic E-state index is 10.9. The normalized spacial score (nSPS) is 24.0. The SMILES string of the molecule is Cc1cc(N)nnc1C1CCN(C(=O)O)CC1C. The van der Waals surface area contributed by atoms with Gasteiger partial charge in [0, 0.05) is 19.0 Å². The maximum Gasteiger partial charge on any atom is 0.407 e. The van der Waals surface area contributed by atoms with Crippen molar-refractivity contribution in [3.63, 3.8) is 0 Å². The van der Waals surface area contributed by atoms with Crippen LogP contribution in [0.15, 0.2) is 6.07 Å². The highest BCUT2D eigenvalue weighted by atomic mass is 16.4. The second-order valence-corrected chi connectivity index (χ2v) is 4.94. The van der Waals surface area contributed by atoms with Gasteiger partial charge in [0.25, 0.3) is 0 Å². The molecule has 0 radical (unpaired) electrons. The van der Waals surface area contributed by atoms with Crippen molar-refractivity contribution in [1.29, 1.82) is 0 Å². The van der Waals surface area contributed by atoms with Gasteiger partial charge in [0.1, 0.15) is 5.82 Å². The monoisotopic (exact) mass is 250 g/mol. The number of aryl methyl sites for hydroxylation is 1. The summed E-state index contributed by atoms with van der Waals surface area (Å²) in [6.07, 6.45) is -0.0622. The molecule has 1 aliphatic heterocycles. The number of carbonyl (C=O) groups is 1. The summed E-state index contributed by atoms with van der Waals surface area (Å²) in [7, 11) is 0. The Morgan fingerprint density at radius 2 is 2.28 bits per heavy atom. The number of rotatable bonds is 1. The largest absolute Gasteiger partial charge is 0.465 e. The lowest BCUT2D eigenvalue weighted by molar-refractivity contribution is 0.115. The number of anilines is 1. The van der Waals surface area contributed by atoms with Gasteiger partial charge in [-0.3, -0.25) is 0 Å². The van der Waals surface area contributed by atoms with Crippen LogP contribution in [0.4, 0.5) is 10.6 Å². The molecule has 18 heavy (non-hydrogen) atoms. The van der Waals surface area contributed by atoms with Crippen molar-refractivity contribution in [2.45, 2.75) is 26.2 Å². The summed E-state index contributed by atoms with van der Waals surface area (Å²) in [5.74, 6) is 0.923. The molecule has 0 saturated carbocycles. The molecular formula is C12H18N4O2. The fraction of sp³-hybridized carbons (Fsp3) is 0.583. The van der Waals surface area contributed by atoms with E-state index in [1.807, 2.05) is 13.0 Å². The average molecular weight is 250 g/mol. The summed E-state index contributed by atoms with van der Waals surface area (Å²) in [6.45, 7) is 5.12. The number of likely N-dealkylation sites (tertiary alicyclic amines) is 1. The lowest BCUT2D eigenvalue weighted by Gasteiger charge is -2.35. The zero-order valence-electron chi connectivity index (χ0n) is 10.6. The van der Waals surface area contributed by atoms with Gasteiger partial charge in [-0.25, -0.2) is 4.79 Å². The molecule has 0 bridgehead atoms. The molecule has 1 fully saturated rings. The first-order chi connectivity index (χ1) is 8.49. The van der Waals surface area contributed by atoms with Crippen molar-refractivity contribution in [2.24, 2.45) is 5.92 Å². The van der Waals surface area contributed by atoms with Gasteiger partial charge in [-0.2, -0.15) is 5.10 Å². The van der Waals surface area contributed by atoms with Crippen molar-refractivity contribution in [3.05, 3.63) is 17.3 Å². The summed E-state index contributed by atoms with van der Waals surface area (Å²) < 4.78 is 0. The molecule has 1 aliphatic rings. The molecule has 3 N–H and O–H groups in total. The van der Waals surface area contributed by atoms with E-state index in [4.69, 9.17) is 10.8 Å². The van der Waals surface area contributed by atoms with Gasteiger partial charge in [-0.05, 0) is 30.9 Å². The van der Waals surface area contributed by atoms with Gasteiger partial charge in [-0.1, -0.05) is 6.92 Å². The van der Waals surface area contributed by atoms with Crippen molar-refractivity contribution in [1.82, 2.24) is 15.1 Å². The van der Waals surface area contributed by atoms with Crippen molar-refractivity contribution in [3.8, 4) is 0 Å². The van der Waals surface area contributed by atoms with E-state index in [9.17, 15) is 4.79 Å². The second kappa shape index (κ2) is 4.80. The minimum atomic E-state index is -0.847. The molecule has 2 rings (SSSR count). The minimum Gasteiger partial charge on any atom is -0.465 e. The van der Waals surface area contributed by atoms with E-state index in [0.29, 0.717) is 18.9 Å². The Morgan fingerprint density at radius 1 is 1.56 bits per heavy atom. The lowest BCUT2D eigenvalue weighted by Crippen LogP contribution is -2.41. The fourth-order valence-electron chi connectivity index (χ4n) is 2.61. The van der Waals surface area contributed by atoms with Crippen molar-refractivity contribution < 1.29 is 9.90 Å². The molecule has 0 spiro atoms. The summed E-state index contributed by atoms with van der Waals surface area (Å²) in [4.78, 5) is 12.4. The maximum atomic E-state index is 10.9. The number of carboxylic acid groups (broad SMARTS) is 1. The smallest absolute Gasteiger partial charge is 0.407 e. The van der Waals surface area contributed by atoms with Gasteiger partial charge in [0.05, 0.1) is 5.69 Å². The minimum absolute atomic E-state index is 0.242. The third-order valence-electron chi connectivity index (χ3n) is 3.57. The summed E-state index contributed by atoms with van der Waals surface area (Å²) in [6, 6.07) is 1.82. The molecule has 6 nitrogen and oxygen atoms in total. The van der Waals surface area contributed by atoms with Crippen LogP contribution >= 0.6 is 0 Å². The number of nitrogens with two attached hydrogens (primary N) is 1. The van der Waals surface area contributed by atoms with E-state index in [1.54, 1.807) is 0 Å². The second-order valence-electron chi connectivity index (χ2n) is 4.94. The Bertz CT molecular complexity index is 463. The standard InChI is InChI=1S/C12H18N4O2/c1-7-5-10(13)14-15-11(7)9-3-4-16(12(17)18)6-8(9)2/h5,8-9H,3-4,6H2,1-2H3,(H2,13,14)(H,17,18). The Labute approximate surface area is 106 Å². The predicted octanol–water partition coefficient (Wildman–Crippen LogP) is 1.47. The van der Waals surface area contributed by atoms with E-state index >= 15 is 0 Å². The van der Waals surface area contributed by atoms with Crippen LogP contribution in [-0.4, -0.2) is 39.4 Å². The number of hydrogen-bond acceptors (Lipinski definition) is 4. The molecule has 98 valence electrons. The molecule has 1 aromatic heterocycles. The molecule has 2 atom stereocenters. The van der Waals surface area contributed by atoms with E-state index in [1.165, 1.54) is 4.90 Å². The van der Waals surface area contributed by atoms with Crippen molar-refractivity contribution >= 4 is 11.9 Å². The molecule has 2 unspecified atom stereocenters. The zero-order chi connectivity index (χ0) is 13.3. The van der Waals surface area contributed by atoms with Crippen LogP contribution in [0.25, 0.3) is 0 Å². The third-order valence-corrected chi connectivity index (χ3v) is 3.57. The Hall–Kier alpha value is -1.85. The van der Waals surface area contributed by atoms with E-state index in [-0.39, 0.29) is 11.8 Å². The molecular weight excluding hydrogens is 232 g/mol. The molecule has 1 saturated heterocycles. The summed E-state index contributed by atoms with van der Waals surface area (Å²) >= 11 is 0. The Morgan fingerprint density at radius 3 is 2.83 bits per heavy atom. The van der Waals surface area contributed by atoms with Gasteiger partial charge in [-0.15, -0.1) is 5.10 Å². The Kier molecular flexibility index (Phi) is 3.36. The first-order valence-corrected chi connectivity index (χ1v) is 6.06. The van der Waals surface area contributed by atoms with Crippen LogP contribution < -0.4 is 5.73 Å². The van der Waals surface area contributed by atoms with Crippen LogP contribution in [0, 0.1) is 12.8 Å². The average Bonchev–Trinajstić information content (AvgIpc) is 2.30. The highest BCUT2D eigenvalue weighted by Gasteiger charge is 2.31. The number of nitrogen functional groups attached to an aromatic ring is 1. The fourth-order valence-corrected chi connectivity index (χ4v) is 2.61. The quantitative estimate of drug-likeness (QED) is 0.787. The van der Waals surface area contributed by atoms with E-state index < -0.39 is 6.09 Å². The van der Waals surface area contributed by atoms with E-state index in [2.05, 4.69) is 17.1 Å². The van der Waals surface area contributed by atoms with Crippen LogP contribution in [0.3, 0.4) is 0 Å². The van der Waals surface area contributed by atoms with Crippen molar-refractivity contribution in [2.75, 3.05) is 18.8 Å². The first kappa shape index (κ1) is 12.6. The zero-order valence-corrected chi connectivity index (χ0v) is 10.6. The third kappa shape index (κ3) is 2.37. The Balaban J connectivity index is 2.17. The summed E-state index contributed by atoms with van der Waals surface area (Å²) in [5.41, 5.74) is 7.57. The molecule has 1 amide bonds. The van der Waals surface area contributed by atoms with Gasteiger partial charge < -0.3 is 15.7 Å². The van der Waals surface area contributed by atoms with Gasteiger partial charge in [0.2, 0.25) is 0 Å². The topological polar surface area (TPSA) is 92.3 Å². The van der Waals surface area contributed by atoms with Crippen LogP contribution in [0.2, 0.25) is 0 Å². The van der Waals surface area contributed by atoms with Crippen LogP contribution in [-0.2, 0) is 0 Å². The number of hydrogen-bond donors (Lipinski definition) is 2. The number of piperidine rings is 1. The van der Waals surface area contributed by atoms with E-state index in [0.717, 1.165) is 17.7 Å². The molecule has 2 heterocycles. The molecule has 6 heteroatoms. The van der Waals surface area contributed by atoms with Crippen LogP contribution in [0.5, 0.6) is 0 Å². The molecule has 1 aromatic rings. The van der Waals surface area contributed by atoms with Gasteiger partial charge >= 0.3 is 6.09 Å². The molecule has 0 aliphatic carbocycles. The predicted molar refractivity (Wildman–Crippen MR) is 67.3 cm³/mol. The number of nitrogens with zero attached hydrogens (tertiary/aromatic N) is 3. The first-order valence-electron chi connectivity index (χ1n) is 6.06. The number of amides is 1.